The average Bonchev–Trinajstić information content (AvgIpc) is 3.17. The maximum atomic E-state index is 13.1. The largest absolute Gasteiger partial charge is 0.464 e. The number of carbonyl (C=O) groups excluding carboxylic acids is 1. The minimum Gasteiger partial charge on any atom is -0.464 e. The first-order chi connectivity index (χ1) is 13.4. The van der Waals surface area contributed by atoms with Gasteiger partial charge in [0.25, 0.3) is 6.47 Å². The smallest absolute Gasteiger partial charge is 0.433 e. The third kappa shape index (κ3) is 4.60. The summed E-state index contributed by atoms with van der Waals surface area (Å²) in [7, 11) is 0. The number of ether oxygens (including phenoxy) is 1. The van der Waals surface area contributed by atoms with Gasteiger partial charge in [-0.05, 0) is 30.7 Å². The van der Waals surface area contributed by atoms with Crippen molar-refractivity contribution in [3.8, 4) is 0 Å². The summed E-state index contributed by atoms with van der Waals surface area (Å²) in [6.07, 6.45) is 1.73. The Balaban J connectivity index is 1.64. The maximum Gasteiger partial charge on any atom is 0.433 e. The van der Waals surface area contributed by atoms with Crippen molar-refractivity contribution in [1.82, 2.24) is 20.2 Å². The number of nitrogens with one attached hydrogen (secondary N) is 1. The standard InChI is InChI=1S/C18H22F3N5O2/c1-2-12-8-22-17(23-9-12)26-5-3-13(4-6-26)15(28-11-27)7-14-10-24-25-16(14)18(19,20)21/h8-11,13,15H,2-7H2,1H3,(H,24,25). The molecule has 1 fully saturated rings. The normalized spacial score (nSPS) is 16.8. The maximum absolute atomic E-state index is 13.1. The molecule has 10 heteroatoms. The van der Waals surface area contributed by atoms with Gasteiger partial charge in [-0.25, -0.2) is 9.97 Å². The van der Waals surface area contributed by atoms with Crippen molar-refractivity contribution in [3.05, 3.63) is 35.4 Å². The first-order valence-corrected chi connectivity index (χ1v) is 9.16. The summed E-state index contributed by atoms with van der Waals surface area (Å²) in [5.41, 5.74) is 0.160. The van der Waals surface area contributed by atoms with E-state index >= 15 is 0 Å². The molecule has 1 aliphatic rings. The van der Waals surface area contributed by atoms with Crippen LogP contribution in [0.15, 0.2) is 18.6 Å². The number of H-pyrrole nitrogens is 1. The van der Waals surface area contributed by atoms with Gasteiger partial charge in [-0.15, -0.1) is 0 Å². The molecule has 7 nitrogen and oxygen atoms in total. The number of aromatic nitrogens is 4. The Labute approximate surface area is 160 Å². The fourth-order valence-electron chi connectivity index (χ4n) is 3.49. The van der Waals surface area contributed by atoms with Crippen molar-refractivity contribution in [2.24, 2.45) is 5.92 Å². The Bertz CT molecular complexity index is 770. The van der Waals surface area contributed by atoms with Crippen LogP contribution in [0.25, 0.3) is 0 Å². The van der Waals surface area contributed by atoms with Crippen molar-refractivity contribution < 1.29 is 22.7 Å². The van der Waals surface area contributed by atoms with Crippen LogP contribution >= 0.6 is 0 Å². The molecule has 1 aliphatic heterocycles. The number of nitrogens with zero attached hydrogens (tertiary/aromatic N) is 4. The number of halogens is 3. The van der Waals surface area contributed by atoms with Gasteiger partial charge in [0.15, 0.2) is 0 Å². The van der Waals surface area contributed by atoms with E-state index in [0.717, 1.165) is 18.2 Å². The van der Waals surface area contributed by atoms with E-state index in [1.54, 1.807) is 12.4 Å². The molecule has 2 aromatic heterocycles. The second-order valence-electron chi connectivity index (χ2n) is 6.81. The van der Waals surface area contributed by atoms with Crippen LogP contribution in [0.5, 0.6) is 0 Å². The molecule has 1 atom stereocenters. The lowest BCUT2D eigenvalue weighted by Gasteiger charge is -2.35. The van der Waals surface area contributed by atoms with Crippen LogP contribution in [0.2, 0.25) is 0 Å². The lowest BCUT2D eigenvalue weighted by atomic mass is 9.88. The van der Waals surface area contributed by atoms with Gasteiger partial charge in [0, 0.05) is 37.5 Å². The van der Waals surface area contributed by atoms with E-state index in [4.69, 9.17) is 4.74 Å². The van der Waals surface area contributed by atoms with Gasteiger partial charge < -0.3 is 9.64 Å². The number of aryl methyl sites for hydroxylation is 1. The molecule has 0 aliphatic carbocycles. The summed E-state index contributed by atoms with van der Waals surface area (Å²) in [6, 6.07) is 0. The van der Waals surface area contributed by atoms with Gasteiger partial charge in [-0.1, -0.05) is 6.92 Å². The van der Waals surface area contributed by atoms with Crippen LogP contribution in [-0.4, -0.2) is 45.8 Å². The fraction of sp³-hybridized carbons (Fsp3) is 0.556. The summed E-state index contributed by atoms with van der Waals surface area (Å²) in [5, 5.41) is 5.49. The highest BCUT2D eigenvalue weighted by Gasteiger charge is 2.37. The van der Waals surface area contributed by atoms with Crippen LogP contribution < -0.4 is 4.90 Å². The van der Waals surface area contributed by atoms with Crippen LogP contribution in [0.4, 0.5) is 19.1 Å². The van der Waals surface area contributed by atoms with E-state index < -0.39 is 18.0 Å². The first kappa shape index (κ1) is 20.1. The van der Waals surface area contributed by atoms with Gasteiger partial charge in [0.2, 0.25) is 5.95 Å². The lowest BCUT2D eigenvalue weighted by molar-refractivity contribution is -0.142. The third-order valence-electron chi connectivity index (χ3n) is 5.10. The molecular formula is C18H22F3N5O2. The molecule has 1 saturated heterocycles. The van der Waals surface area contributed by atoms with Gasteiger partial charge in [-0.2, -0.15) is 18.3 Å². The minimum absolute atomic E-state index is 0.000248. The zero-order valence-corrected chi connectivity index (χ0v) is 15.4. The highest BCUT2D eigenvalue weighted by atomic mass is 19.4. The van der Waals surface area contributed by atoms with E-state index in [1.807, 2.05) is 16.9 Å². The number of hydrogen-bond donors (Lipinski definition) is 1. The summed E-state index contributed by atoms with van der Waals surface area (Å²) in [4.78, 5) is 21.7. The molecule has 2 aromatic rings. The van der Waals surface area contributed by atoms with Gasteiger partial charge in [0.1, 0.15) is 11.8 Å². The molecule has 0 bridgehead atoms. The van der Waals surface area contributed by atoms with Crippen molar-refractivity contribution in [3.63, 3.8) is 0 Å². The van der Waals surface area contributed by atoms with Gasteiger partial charge >= 0.3 is 6.18 Å². The zero-order valence-electron chi connectivity index (χ0n) is 15.4. The molecule has 1 N–H and O–H groups in total. The minimum atomic E-state index is -4.52. The zero-order chi connectivity index (χ0) is 20.1. The predicted octanol–water partition coefficient (Wildman–Crippen LogP) is 2.78. The fourth-order valence-corrected chi connectivity index (χ4v) is 3.49. The average molecular weight is 397 g/mol. The van der Waals surface area contributed by atoms with Crippen LogP contribution in [-0.2, 0) is 28.5 Å². The number of rotatable bonds is 7. The van der Waals surface area contributed by atoms with Gasteiger partial charge in [0.05, 0.1) is 6.20 Å². The molecule has 0 amide bonds. The summed E-state index contributed by atoms with van der Waals surface area (Å²) in [5.74, 6) is 0.588. The quantitative estimate of drug-likeness (QED) is 0.724. The molecule has 0 spiro atoms. The van der Waals surface area contributed by atoms with Gasteiger partial charge in [-0.3, -0.25) is 9.89 Å². The SMILES string of the molecule is CCc1cnc(N2CCC(C(Cc3cn[nH]c3C(F)(F)F)OC=O)CC2)nc1. The summed E-state index contributed by atoms with van der Waals surface area (Å²) >= 11 is 0. The van der Waals surface area contributed by atoms with Crippen LogP contribution in [0.1, 0.15) is 36.6 Å². The molecule has 0 radical (unpaired) electrons. The highest BCUT2D eigenvalue weighted by molar-refractivity contribution is 5.38. The van der Waals surface area contributed by atoms with Crippen molar-refractivity contribution >= 4 is 12.4 Å². The third-order valence-corrected chi connectivity index (χ3v) is 5.10. The molecule has 3 rings (SSSR count). The number of alkyl halides is 3. The van der Waals surface area contributed by atoms with E-state index in [1.165, 1.54) is 0 Å². The molecule has 1 unspecified atom stereocenters. The number of carbonyl (C=O) groups is 1. The van der Waals surface area contributed by atoms with E-state index in [0.29, 0.717) is 38.4 Å². The molecule has 152 valence electrons. The Morgan fingerprint density at radius 2 is 1.96 bits per heavy atom. The Hall–Kier alpha value is -2.65. The van der Waals surface area contributed by atoms with E-state index in [9.17, 15) is 18.0 Å². The van der Waals surface area contributed by atoms with Crippen molar-refractivity contribution in [1.29, 1.82) is 0 Å². The van der Waals surface area contributed by atoms with Crippen LogP contribution in [0, 0.1) is 5.92 Å². The summed E-state index contributed by atoms with van der Waals surface area (Å²) in [6.45, 7) is 3.62. The molecule has 28 heavy (non-hydrogen) atoms. The summed E-state index contributed by atoms with van der Waals surface area (Å²) < 4.78 is 44.3. The van der Waals surface area contributed by atoms with Crippen molar-refractivity contribution in [2.75, 3.05) is 18.0 Å². The number of anilines is 1. The Morgan fingerprint density at radius 3 is 2.54 bits per heavy atom. The second kappa shape index (κ2) is 8.57. The highest BCUT2D eigenvalue weighted by Crippen LogP contribution is 2.33. The van der Waals surface area contributed by atoms with E-state index in [-0.39, 0.29) is 17.9 Å². The number of aromatic amines is 1. The van der Waals surface area contributed by atoms with Crippen LogP contribution in [0.3, 0.4) is 0 Å². The monoisotopic (exact) mass is 397 g/mol. The predicted molar refractivity (Wildman–Crippen MR) is 94.6 cm³/mol. The molecule has 0 saturated carbocycles. The first-order valence-electron chi connectivity index (χ1n) is 9.16. The molecule has 3 heterocycles. The Morgan fingerprint density at radius 1 is 1.29 bits per heavy atom. The number of hydrogen-bond acceptors (Lipinski definition) is 6. The molecular weight excluding hydrogens is 375 g/mol. The topological polar surface area (TPSA) is 84.0 Å². The second-order valence-corrected chi connectivity index (χ2v) is 6.81. The van der Waals surface area contributed by atoms with Crippen molar-refractivity contribution in [2.45, 2.75) is 44.9 Å². The number of piperidine rings is 1. The Kier molecular flexibility index (Phi) is 6.15. The molecule has 0 aromatic carbocycles. The van der Waals surface area contributed by atoms with E-state index in [2.05, 4.69) is 15.1 Å². The lowest BCUT2D eigenvalue weighted by Crippen LogP contribution is -2.40.